The zero-order valence-corrected chi connectivity index (χ0v) is 15.7. The molecule has 0 aliphatic heterocycles. The normalized spacial score (nSPS) is 10.9. The maximum Gasteiger partial charge on any atom is 0.305 e. The van der Waals surface area contributed by atoms with E-state index < -0.39 is 29.9 Å². The highest BCUT2D eigenvalue weighted by Gasteiger charge is 2.31. The average Bonchev–Trinajstić information content (AvgIpc) is 2.58. The topological polar surface area (TPSA) is 128 Å². The Balaban J connectivity index is 3.14. The van der Waals surface area contributed by atoms with Crippen LogP contribution in [0.15, 0.2) is 12.1 Å². The number of halogens is 1. The standard InChI is InChI=1S/C17H23ClN2O6/c1-4-17(5-2,8-14(22)23)20-16(24)10-6-11(18)15(12(7-10)25-3)26-9-13(19)21/h6-7H,4-5,8-9H2,1-3H3,(H2,19,21)(H,20,24)(H,22,23). The van der Waals surface area contributed by atoms with E-state index >= 15 is 0 Å². The number of methoxy groups -OCH3 is 1. The summed E-state index contributed by atoms with van der Waals surface area (Å²) in [5.41, 5.74) is 4.34. The van der Waals surface area contributed by atoms with Crippen molar-refractivity contribution in [3.05, 3.63) is 22.7 Å². The molecule has 0 aliphatic carbocycles. The number of benzene rings is 1. The van der Waals surface area contributed by atoms with Gasteiger partial charge in [-0.15, -0.1) is 0 Å². The van der Waals surface area contributed by atoms with Crippen molar-refractivity contribution >= 4 is 29.4 Å². The molecule has 144 valence electrons. The summed E-state index contributed by atoms with van der Waals surface area (Å²) in [5.74, 6) is -1.93. The summed E-state index contributed by atoms with van der Waals surface area (Å²) >= 11 is 6.13. The van der Waals surface area contributed by atoms with Crippen molar-refractivity contribution in [2.75, 3.05) is 13.7 Å². The minimum Gasteiger partial charge on any atom is -0.493 e. The average molecular weight is 387 g/mol. The number of primary amides is 1. The number of hydrogen-bond donors (Lipinski definition) is 3. The number of ether oxygens (including phenoxy) is 2. The Kier molecular flexibility index (Phi) is 7.70. The van der Waals surface area contributed by atoms with Gasteiger partial charge in [-0.1, -0.05) is 25.4 Å². The van der Waals surface area contributed by atoms with Gasteiger partial charge in [-0.3, -0.25) is 14.4 Å². The van der Waals surface area contributed by atoms with E-state index in [1.54, 1.807) is 13.8 Å². The van der Waals surface area contributed by atoms with Crippen LogP contribution in [-0.2, 0) is 9.59 Å². The molecule has 0 saturated carbocycles. The highest BCUT2D eigenvalue weighted by atomic mass is 35.5. The number of nitrogens with one attached hydrogen (secondary N) is 1. The molecule has 0 aromatic heterocycles. The maximum absolute atomic E-state index is 12.6. The Hall–Kier alpha value is -2.48. The molecule has 0 spiro atoms. The molecule has 8 nitrogen and oxygen atoms in total. The van der Waals surface area contributed by atoms with Crippen LogP contribution in [0.1, 0.15) is 43.5 Å². The first kappa shape index (κ1) is 21.6. The summed E-state index contributed by atoms with van der Waals surface area (Å²) in [6, 6.07) is 2.75. The Bertz CT molecular complexity index is 688. The number of rotatable bonds is 10. The lowest BCUT2D eigenvalue weighted by atomic mass is 9.88. The number of carbonyl (C=O) groups is 3. The number of hydrogen-bond acceptors (Lipinski definition) is 5. The summed E-state index contributed by atoms with van der Waals surface area (Å²) in [4.78, 5) is 34.6. The van der Waals surface area contributed by atoms with Crippen LogP contribution in [0.3, 0.4) is 0 Å². The molecule has 1 aromatic rings. The van der Waals surface area contributed by atoms with Gasteiger partial charge in [0.1, 0.15) is 0 Å². The molecule has 0 unspecified atom stereocenters. The Morgan fingerprint density at radius 3 is 2.35 bits per heavy atom. The van der Waals surface area contributed by atoms with E-state index in [1.807, 2.05) is 0 Å². The number of aliphatic carboxylic acids is 1. The predicted octanol–water partition coefficient (Wildman–Crippen LogP) is 1.98. The van der Waals surface area contributed by atoms with E-state index in [0.717, 1.165) is 0 Å². The van der Waals surface area contributed by atoms with Crippen molar-refractivity contribution in [2.24, 2.45) is 5.73 Å². The highest BCUT2D eigenvalue weighted by Crippen LogP contribution is 2.36. The fourth-order valence-corrected chi connectivity index (χ4v) is 2.72. The molecule has 0 bridgehead atoms. The molecule has 0 heterocycles. The van der Waals surface area contributed by atoms with Gasteiger partial charge in [-0.2, -0.15) is 0 Å². The van der Waals surface area contributed by atoms with E-state index in [9.17, 15) is 14.4 Å². The van der Waals surface area contributed by atoms with Crippen molar-refractivity contribution < 1.29 is 29.0 Å². The third-order valence-electron chi connectivity index (χ3n) is 4.07. The first-order chi connectivity index (χ1) is 12.2. The zero-order valence-electron chi connectivity index (χ0n) is 14.9. The van der Waals surface area contributed by atoms with Crippen LogP contribution in [0.2, 0.25) is 5.02 Å². The summed E-state index contributed by atoms with van der Waals surface area (Å²) in [6.45, 7) is 3.22. The van der Waals surface area contributed by atoms with E-state index in [0.29, 0.717) is 12.8 Å². The largest absolute Gasteiger partial charge is 0.493 e. The minimum absolute atomic E-state index is 0.0626. The fraction of sp³-hybridized carbons (Fsp3) is 0.471. The van der Waals surface area contributed by atoms with Crippen LogP contribution >= 0.6 is 11.6 Å². The summed E-state index contributed by atoms with van der Waals surface area (Å²) in [5, 5.41) is 12.0. The molecular weight excluding hydrogens is 364 g/mol. The molecule has 26 heavy (non-hydrogen) atoms. The molecule has 1 rings (SSSR count). The summed E-state index contributed by atoms with van der Waals surface area (Å²) in [7, 11) is 1.36. The van der Waals surface area contributed by atoms with Crippen molar-refractivity contribution in [2.45, 2.75) is 38.6 Å². The number of nitrogens with two attached hydrogens (primary N) is 1. The van der Waals surface area contributed by atoms with Gasteiger partial charge in [-0.05, 0) is 25.0 Å². The van der Waals surface area contributed by atoms with Crippen molar-refractivity contribution in [3.63, 3.8) is 0 Å². The first-order valence-electron chi connectivity index (χ1n) is 8.01. The second-order valence-corrected chi connectivity index (χ2v) is 6.16. The van der Waals surface area contributed by atoms with Crippen LogP contribution < -0.4 is 20.5 Å². The van der Waals surface area contributed by atoms with Gasteiger partial charge < -0.3 is 25.6 Å². The van der Waals surface area contributed by atoms with Gasteiger partial charge in [0.05, 0.1) is 24.1 Å². The maximum atomic E-state index is 12.6. The molecule has 0 saturated heterocycles. The summed E-state index contributed by atoms with van der Waals surface area (Å²) in [6.07, 6.45) is 0.703. The van der Waals surface area contributed by atoms with Crippen LogP contribution in [0, 0.1) is 0 Å². The lowest BCUT2D eigenvalue weighted by molar-refractivity contribution is -0.138. The molecule has 4 N–H and O–H groups in total. The Morgan fingerprint density at radius 2 is 1.88 bits per heavy atom. The summed E-state index contributed by atoms with van der Waals surface area (Å²) < 4.78 is 10.4. The number of carboxylic acid groups (broad SMARTS) is 1. The van der Waals surface area contributed by atoms with E-state index in [2.05, 4.69) is 5.32 Å². The van der Waals surface area contributed by atoms with Crippen molar-refractivity contribution in [1.82, 2.24) is 5.32 Å². The zero-order chi connectivity index (χ0) is 19.9. The van der Waals surface area contributed by atoms with E-state index in [4.69, 9.17) is 31.9 Å². The lowest BCUT2D eigenvalue weighted by Gasteiger charge is -2.31. The molecule has 0 fully saturated rings. The molecular formula is C17H23ClN2O6. The van der Waals surface area contributed by atoms with Gasteiger partial charge in [0.2, 0.25) is 0 Å². The van der Waals surface area contributed by atoms with E-state index in [1.165, 1.54) is 19.2 Å². The van der Waals surface area contributed by atoms with Crippen molar-refractivity contribution in [1.29, 1.82) is 0 Å². The fourth-order valence-electron chi connectivity index (χ4n) is 2.46. The van der Waals surface area contributed by atoms with Crippen LogP contribution in [-0.4, -0.2) is 42.1 Å². The van der Waals surface area contributed by atoms with Crippen molar-refractivity contribution in [3.8, 4) is 11.5 Å². The van der Waals surface area contributed by atoms with E-state index in [-0.39, 0.29) is 28.5 Å². The SMILES string of the molecule is CCC(CC)(CC(=O)O)NC(=O)c1cc(Cl)c(OCC(N)=O)c(OC)c1. The van der Waals surface area contributed by atoms with Crippen LogP contribution in [0.4, 0.5) is 0 Å². The third-order valence-corrected chi connectivity index (χ3v) is 4.35. The third kappa shape index (κ3) is 5.52. The van der Waals surface area contributed by atoms with Crippen LogP contribution in [0.5, 0.6) is 11.5 Å². The molecule has 0 radical (unpaired) electrons. The number of carboxylic acids is 1. The minimum atomic E-state index is -1.00. The number of carbonyl (C=O) groups excluding carboxylic acids is 2. The quantitative estimate of drug-likeness (QED) is 0.564. The second-order valence-electron chi connectivity index (χ2n) is 5.76. The smallest absolute Gasteiger partial charge is 0.305 e. The molecule has 9 heteroatoms. The second kappa shape index (κ2) is 9.28. The highest BCUT2D eigenvalue weighted by molar-refractivity contribution is 6.32. The van der Waals surface area contributed by atoms with Crippen LogP contribution in [0.25, 0.3) is 0 Å². The van der Waals surface area contributed by atoms with Gasteiger partial charge in [0.15, 0.2) is 18.1 Å². The first-order valence-corrected chi connectivity index (χ1v) is 8.38. The monoisotopic (exact) mass is 386 g/mol. The molecule has 0 aliphatic rings. The predicted molar refractivity (Wildman–Crippen MR) is 95.7 cm³/mol. The lowest BCUT2D eigenvalue weighted by Crippen LogP contribution is -2.49. The van der Waals surface area contributed by atoms with Gasteiger partial charge in [0, 0.05) is 5.56 Å². The van der Waals surface area contributed by atoms with Gasteiger partial charge in [0.25, 0.3) is 11.8 Å². The molecule has 1 aromatic carbocycles. The van der Waals surface area contributed by atoms with Gasteiger partial charge in [-0.25, -0.2) is 0 Å². The molecule has 2 amide bonds. The molecule has 0 atom stereocenters. The Labute approximate surface area is 156 Å². The Morgan fingerprint density at radius 1 is 1.27 bits per heavy atom. The number of amides is 2. The van der Waals surface area contributed by atoms with Gasteiger partial charge >= 0.3 is 5.97 Å².